The summed E-state index contributed by atoms with van der Waals surface area (Å²) in [4.78, 5) is 0.344. The zero-order valence-corrected chi connectivity index (χ0v) is 14.4. The lowest BCUT2D eigenvalue weighted by Gasteiger charge is -2.31. The number of sulfone groups is 1. The van der Waals surface area contributed by atoms with Crippen LogP contribution in [-0.2, 0) is 19.9 Å². The fourth-order valence-electron chi connectivity index (χ4n) is 2.78. The third-order valence-corrected chi connectivity index (χ3v) is 7.96. The Balaban J connectivity index is 1.96. The predicted octanol–water partition coefficient (Wildman–Crippen LogP) is 1.91. The quantitative estimate of drug-likeness (QED) is 0.789. The van der Waals surface area contributed by atoms with Crippen molar-refractivity contribution in [2.24, 2.45) is 5.92 Å². The number of hydrogen-bond donors (Lipinski definition) is 0. The van der Waals surface area contributed by atoms with Crippen molar-refractivity contribution in [1.29, 1.82) is 0 Å². The first-order valence-electron chi connectivity index (χ1n) is 7.61. The van der Waals surface area contributed by atoms with Crippen molar-refractivity contribution in [1.82, 2.24) is 4.31 Å². The maximum Gasteiger partial charge on any atom is 0.214 e. The summed E-state index contributed by atoms with van der Waals surface area (Å²) in [5.74, 6) is 0.289. The predicted molar refractivity (Wildman–Crippen MR) is 86.9 cm³/mol. The summed E-state index contributed by atoms with van der Waals surface area (Å²) in [5, 5.41) is 0. The highest BCUT2D eigenvalue weighted by molar-refractivity contribution is 7.91. The van der Waals surface area contributed by atoms with Gasteiger partial charge in [0.15, 0.2) is 9.84 Å². The second-order valence-electron chi connectivity index (χ2n) is 5.75. The molecule has 5 nitrogen and oxygen atoms in total. The van der Waals surface area contributed by atoms with Gasteiger partial charge in [0.2, 0.25) is 10.0 Å². The first-order chi connectivity index (χ1) is 10.3. The van der Waals surface area contributed by atoms with Crippen LogP contribution in [0.3, 0.4) is 0 Å². The molecule has 1 saturated heterocycles. The smallest absolute Gasteiger partial charge is 0.214 e. The van der Waals surface area contributed by atoms with Gasteiger partial charge in [-0.05, 0) is 37.3 Å². The van der Waals surface area contributed by atoms with Gasteiger partial charge in [-0.1, -0.05) is 25.1 Å². The highest BCUT2D eigenvalue weighted by Gasteiger charge is 2.30. The third-order valence-electron chi connectivity index (χ3n) is 3.99. The van der Waals surface area contributed by atoms with E-state index < -0.39 is 19.9 Å². The van der Waals surface area contributed by atoms with Gasteiger partial charge in [-0.2, -0.15) is 0 Å². The zero-order valence-electron chi connectivity index (χ0n) is 12.8. The van der Waals surface area contributed by atoms with Crippen molar-refractivity contribution in [2.45, 2.75) is 31.1 Å². The molecular formula is C15H23NO4S2. The molecule has 0 spiro atoms. The lowest BCUT2D eigenvalue weighted by atomic mass is 10.0. The van der Waals surface area contributed by atoms with Gasteiger partial charge in [-0.15, -0.1) is 0 Å². The molecule has 124 valence electrons. The molecule has 0 saturated carbocycles. The van der Waals surface area contributed by atoms with Crippen molar-refractivity contribution < 1.29 is 16.8 Å². The van der Waals surface area contributed by atoms with E-state index in [-0.39, 0.29) is 17.4 Å². The largest absolute Gasteiger partial charge is 0.224 e. The third kappa shape index (κ3) is 4.30. The molecule has 1 fully saturated rings. The van der Waals surface area contributed by atoms with Crippen molar-refractivity contribution in [3.63, 3.8) is 0 Å². The Morgan fingerprint density at radius 2 is 1.64 bits per heavy atom. The van der Waals surface area contributed by atoms with Crippen LogP contribution in [0.5, 0.6) is 0 Å². The Labute approximate surface area is 133 Å². The van der Waals surface area contributed by atoms with E-state index in [0.717, 1.165) is 0 Å². The normalized spacial score (nSPS) is 18.4. The molecule has 1 aromatic rings. The SMILES string of the molecule is CCCS(=O)(=O)N1CCC(CS(=O)(=O)c2ccccc2)CC1. The van der Waals surface area contributed by atoms with Crippen LogP contribution in [0.25, 0.3) is 0 Å². The molecule has 0 amide bonds. The van der Waals surface area contributed by atoms with Gasteiger partial charge in [0.05, 0.1) is 16.4 Å². The second-order valence-corrected chi connectivity index (χ2v) is 9.88. The summed E-state index contributed by atoms with van der Waals surface area (Å²) in [6.07, 6.45) is 1.81. The Kier molecular flexibility index (Phi) is 5.63. The average molecular weight is 345 g/mol. The zero-order chi connectivity index (χ0) is 16.2. The number of nitrogens with zero attached hydrogens (tertiary/aromatic N) is 1. The van der Waals surface area contributed by atoms with Crippen LogP contribution >= 0.6 is 0 Å². The van der Waals surface area contributed by atoms with Gasteiger partial charge in [0.1, 0.15) is 0 Å². The fraction of sp³-hybridized carbons (Fsp3) is 0.600. The number of benzene rings is 1. The standard InChI is InChI=1S/C15H23NO4S2/c1-2-12-22(19,20)16-10-8-14(9-11-16)13-21(17,18)15-6-4-3-5-7-15/h3-7,14H,2,8-13H2,1H3. The second kappa shape index (κ2) is 7.10. The van der Waals surface area contributed by atoms with E-state index in [1.807, 2.05) is 6.92 Å². The fourth-order valence-corrected chi connectivity index (χ4v) is 6.03. The highest BCUT2D eigenvalue weighted by atomic mass is 32.2. The number of sulfonamides is 1. The van der Waals surface area contributed by atoms with Crippen molar-refractivity contribution in [3.8, 4) is 0 Å². The van der Waals surface area contributed by atoms with Crippen LogP contribution in [-0.4, -0.2) is 45.7 Å². The van der Waals surface area contributed by atoms with E-state index in [4.69, 9.17) is 0 Å². The first-order valence-corrected chi connectivity index (χ1v) is 10.9. The number of piperidine rings is 1. The summed E-state index contributed by atoms with van der Waals surface area (Å²) in [6, 6.07) is 8.43. The molecule has 22 heavy (non-hydrogen) atoms. The Morgan fingerprint density at radius 3 is 2.18 bits per heavy atom. The van der Waals surface area contributed by atoms with Crippen LogP contribution < -0.4 is 0 Å². The number of hydrogen-bond acceptors (Lipinski definition) is 4. The van der Waals surface area contributed by atoms with Crippen molar-refractivity contribution in [2.75, 3.05) is 24.6 Å². The molecule has 0 unspecified atom stereocenters. The molecule has 0 aliphatic carbocycles. The Bertz CT molecular complexity index is 676. The highest BCUT2D eigenvalue weighted by Crippen LogP contribution is 2.24. The maximum atomic E-state index is 12.3. The minimum absolute atomic E-state index is 0.0262. The molecule has 1 aromatic carbocycles. The minimum atomic E-state index is -3.29. The topological polar surface area (TPSA) is 71.5 Å². The van der Waals surface area contributed by atoms with Gasteiger partial charge in [-0.3, -0.25) is 0 Å². The van der Waals surface area contributed by atoms with E-state index in [0.29, 0.717) is 37.2 Å². The van der Waals surface area contributed by atoms with Gasteiger partial charge < -0.3 is 0 Å². The van der Waals surface area contributed by atoms with Gasteiger partial charge in [0.25, 0.3) is 0 Å². The molecule has 2 rings (SSSR count). The van der Waals surface area contributed by atoms with E-state index in [2.05, 4.69) is 0 Å². The first kappa shape index (κ1) is 17.4. The molecule has 7 heteroatoms. The van der Waals surface area contributed by atoms with E-state index in [1.165, 1.54) is 4.31 Å². The summed E-state index contributed by atoms with van der Waals surface area (Å²) in [7, 11) is -6.46. The van der Waals surface area contributed by atoms with Gasteiger partial charge in [-0.25, -0.2) is 21.1 Å². The lowest BCUT2D eigenvalue weighted by Crippen LogP contribution is -2.40. The lowest BCUT2D eigenvalue weighted by molar-refractivity contribution is 0.289. The van der Waals surface area contributed by atoms with E-state index in [1.54, 1.807) is 30.3 Å². The maximum absolute atomic E-state index is 12.3. The molecule has 0 N–H and O–H groups in total. The molecular weight excluding hydrogens is 322 g/mol. The van der Waals surface area contributed by atoms with Gasteiger partial charge >= 0.3 is 0 Å². The molecule has 0 aromatic heterocycles. The summed E-state index contributed by atoms with van der Waals surface area (Å²) in [6.45, 7) is 2.70. The van der Waals surface area contributed by atoms with Crippen LogP contribution in [0.15, 0.2) is 35.2 Å². The molecule has 1 aliphatic rings. The average Bonchev–Trinajstić information content (AvgIpc) is 2.48. The molecule has 1 aliphatic heterocycles. The van der Waals surface area contributed by atoms with Crippen LogP contribution in [0, 0.1) is 5.92 Å². The van der Waals surface area contributed by atoms with Gasteiger partial charge in [0, 0.05) is 13.1 Å². The van der Waals surface area contributed by atoms with Crippen LogP contribution in [0.1, 0.15) is 26.2 Å². The molecule has 0 radical (unpaired) electrons. The van der Waals surface area contributed by atoms with E-state index in [9.17, 15) is 16.8 Å². The Hall–Kier alpha value is -0.920. The number of rotatable bonds is 6. The minimum Gasteiger partial charge on any atom is -0.224 e. The summed E-state index contributed by atoms with van der Waals surface area (Å²) < 4.78 is 50.2. The van der Waals surface area contributed by atoms with Crippen LogP contribution in [0.2, 0.25) is 0 Å². The summed E-state index contributed by atoms with van der Waals surface area (Å²) in [5.41, 5.74) is 0. The van der Waals surface area contributed by atoms with Crippen molar-refractivity contribution in [3.05, 3.63) is 30.3 Å². The molecule has 0 bridgehead atoms. The van der Waals surface area contributed by atoms with Crippen molar-refractivity contribution >= 4 is 19.9 Å². The summed E-state index contributed by atoms with van der Waals surface area (Å²) >= 11 is 0. The monoisotopic (exact) mass is 345 g/mol. The van der Waals surface area contributed by atoms with E-state index >= 15 is 0 Å². The van der Waals surface area contributed by atoms with Crippen LogP contribution in [0.4, 0.5) is 0 Å². The molecule has 1 heterocycles. The molecule has 0 atom stereocenters. The Morgan fingerprint density at radius 1 is 1.05 bits per heavy atom.